The number of rotatable bonds is 6. The summed E-state index contributed by atoms with van der Waals surface area (Å²) in [5.74, 6) is -0.162. The molecule has 0 bridgehead atoms. The van der Waals surface area contributed by atoms with Crippen LogP contribution in [0.2, 0.25) is 0 Å². The van der Waals surface area contributed by atoms with E-state index in [0.717, 1.165) is 0 Å². The van der Waals surface area contributed by atoms with E-state index in [9.17, 15) is 13.2 Å². The SMILES string of the molecule is O=C(N/N=C\c1ccc(OS(=O)(=O)N2CCOCC2)cc1)c1ccncc1. The molecule has 0 spiro atoms. The number of carbonyl (C=O) groups excluding carboxylic acids is 1. The van der Waals surface area contributed by atoms with Crippen molar-refractivity contribution in [3.8, 4) is 5.75 Å². The number of nitrogens with one attached hydrogen (secondary N) is 1. The number of hydrogen-bond donors (Lipinski definition) is 1. The lowest BCUT2D eigenvalue weighted by Gasteiger charge is -2.25. The molecule has 2 aromatic rings. The Morgan fingerprint density at radius 2 is 1.81 bits per heavy atom. The minimum atomic E-state index is -3.85. The van der Waals surface area contributed by atoms with Crippen LogP contribution in [0.15, 0.2) is 53.9 Å². The Morgan fingerprint density at radius 3 is 2.48 bits per heavy atom. The van der Waals surface area contributed by atoms with Crippen molar-refractivity contribution < 1.29 is 22.1 Å². The second-order valence-electron chi connectivity index (χ2n) is 5.56. The van der Waals surface area contributed by atoms with E-state index in [4.69, 9.17) is 8.92 Å². The van der Waals surface area contributed by atoms with Crippen molar-refractivity contribution in [1.29, 1.82) is 0 Å². The Bertz CT molecular complexity index is 895. The monoisotopic (exact) mass is 390 g/mol. The van der Waals surface area contributed by atoms with Gasteiger partial charge in [0.15, 0.2) is 0 Å². The first-order valence-electron chi connectivity index (χ1n) is 8.15. The molecule has 1 aliphatic heterocycles. The topological polar surface area (TPSA) is 110 Å². The van der Waals surface area contributed by atoms with Crippen LogP contribution >= 0.6 is 0 Å². The zero-order valence-corrected chi connectivity index (χ0v) is 15.1. The number of hydrazone groups is 1. The van der Waals surface area contributed by atoms with Crippen molar-refractivity contribution >= 4 is 22.4 Å². The summed E-state index contributed by atoms with van der Waals surface area (Å²) in [4.78, 5) is 15.7. The number of benzene rings is 1. The van der Waals surface area contributed by atoms with Crippen LogP contribution in [0.25, 0.3) is 0 Å². The minimum absolute atomic E-state index is 0.194. The fourth-order valence-electron chi connectivity index (χ4n) is 2.29. The first kappa shape index (κ1) is 19.0. The molecule has 0 aliphatic carbocycles. The molecular weight excluding hydrogens is 372 g/mol. The van der Waals surface area contributed by atoms with Crippen LogP contribution in [-0.2, 0) is 15.0 Å². The number of nitrogens with zero attached hydrogens (tertiary/aromatic N) is 3. The molecule has 142 valence electrons. The summed E-state index contributed by atoms with van der Waals surface area (Å²) in [5.41, 5.74) is 3.51. The summed E-state index contributed by atoms with van der Waals surface area (Å²) in [5, 5.41) is 3.87. The molecule has 1 aromatic carbocycles. The highest BCUT2D eigenvalue weighted by atomic mass is 32.2. The van der Waals surface area contributed by atoms with Crippen LogP contribution in [0.5, 0.6) is 5.75 Å². The Morgan fingerprint density at radius 1 is 1.15 bits per heavy atom. The van der Waals surface area contributed by atoms with Gasteiger partial charge in [-0.3, -0.25) is 9.78 Å². The molecule has 27 heavy (non-hydrogen) atoms. The molecule has 0 unspecified atom stereocenters. The van der Waals surface area contributed by atoms with Gasteiger partial charge in [0.25, 0.3) is 5.91 Å². The van der Waals surface area contributed by atoms with Gasteiger partial charge in [-0.25, -0.2) is 5.43 Å². The zero-order valence-electron chi connectivity index (χ0n) is 14.3. The average molecular weight is 390 g/mol. The van der Waals surface area contributed by atoms with Crippen molar-refractivity contribution in [2.24, 2.45) is 5.10 Å². The van der Waals surface area contributed by atoms with Crippen LogP contribution in [0.1, 0.15) is 15.9 Å². The zero-order chi connectivity index (χ0) is 19.1. The highest BCUT2D eigenvalue weighted by molar-refractivity contribution is 7.84. The summed E-state index contributed by atoms with van der Waals surface area (Å²) in [6.45, 7) is 1.24. The van der Waals surface area contributed by atoms with E-state index in [1.54, 1.807) is 24.3 Å². The lowest BCUT2D eigenvalue weighted by Crippen LogP contribution is -2.42. The molecule has 1 N–H and O–H groups in total. The normalized spacial score (nSPS) is 15.6. The summed E-state index contributed by atoms with van der Waals surface area (Å²) in [6.07, 6.45) is 4.48. The van der Waals surface area contributed by atoms with Gasteiger partial charge in [0, 0.05) is 31.0 Å². The van der Waals surface area contributed by atoms with Gasteiger partial charge in [0.05, 0.1) is 19.4 Å². The summed E-state index contributed by atoms with van der Waals surface area (Å²) in [6, 6.07) is 9.45. The molecule has 1 aliphatic rings. The molecule has 1 aromatic heterocycles. The molecule has 1 saturated heterocycles. The van der Waals surface area contributed by atoms with Gasteiger partial charge in [-0.05, 0) is 42.0 Å². The maximum Gasteiger partial charge on any atom is 0.385 e. The summed E-state index contributed by atoms with van der Waals surface area (Å²) < 4.78 is 35.9. The predicted octanol–water partition coefficient (Wildman–Crippen LogP) is 0.801. The van der Waals surface area contributed by atoms with Gasteiger partial charge >= 0.3 is 10.3 Å². The van der Waals surface area contributed by atoms with E-state index in [-0.39, 0.29) is 24.7 Å². The van der Waals surface area contributed by atoms with Gasteiger partial charge in [-0.2, -0.15) is 17.8 Å². The largest absolute Gasteiger partial charge is 0.385 e. The van der Waals surface area contributed by atoms with Gasteiger partial charge < -0.3 is 8.92 Å². The van der Waals surface area contributed by atoms with E-state index < -0.39 is 10.3 Å². The number of hydrogen-bond acceptors (Lipinski definition) is 7. The van der Waals surface area contributed by atoms with Gasteiger partial charge in [-0.1, -0.05) is 0 Å². The maximum atomic E-state index is 12.2. The van der Waals surface area contributed by atoms with Crippen molar-refractivity contribution in [3.63, 3.8) is 0 Å². The standard InChI is InChI=1S/C17H18N4O5S/c22-17(15-5-7-18-8-6-15)20-19-13-14-1-3-16(4-2-14)26-27(23,24)21-9-11-25-12-10-21/h1-8,13H,9-12H2,(H,20,22)/b19-13-. The molecule has 10 heteroatoms. The Kier molecular flexibility index (Phi) is 6.12. The van der Waals surface area contributed by atoms with E-state index in [1.807, 2.05) is 0 Å². The van der Waals surface area contributed by atoms with Crippen LogP contribution < -0.4 is 9.61 Å². The quantitative estimate of drug-likeness (QED) is 0.577. The lowest BCUT2D eigenvalue weighted by molar-refractivity contribution is 0.0698. The highest BCUT2D eigenvalue weighted by Gasteiger charge is 2.26. The van der Waals surface area contributed by atoms with E-state index >= 15 is 0 Å². The third kappa shape index (κ3) is 5.33. The number of amides is 1. The van der Waals surface area contributed by atoms with Crippen LogP contribution in [-0.4, -0.2) is 56.1 Å². The minimum Gasteiger partial charge on any atom is -0.379 e. The fraction of sp³-hybridized carbons (Fsp3) is 0.235. The van der Waals surface area contributed by atoms with Crippen molar-refractivity contribution in [3.05, 3.63) is 59.9 Å². The van der Waals surface area contributed by atoms with E-state index in [0.29, 0.717) is 24.3 Å². The molecule has 0 atom stereocenters. The number of aromatic nitrogens is 1. The third-order valence-electron chi connectivity index (χ3n) is 3.69. The molecule has 1 amide bonds. The second kappa shape index (κ2) is 8.71. The predicted molar refractivity (Wildman–Crippen MR) is 97.7 cm³/mol. The first-order valence-corrected chi connectivity index (χ1v) is 9.52. The number of pyridine rings is 1. The molecule has 9 nitrogen and oxygen atoms in total. The number of carbonyl (C=O) groups is 1. The molecular formula is C17H18N4O5S. The molecule has 2 heterocycles. The smallest absolute Gasteiger partial charge is 0.379 e. The highest BCUT2D eigenvalue weighted by Crippen LogP contribution is 2.16. The summed E-state index contributed by atoms with van der Waals surface area (Å²) in [7, 11) is -3.85. The Hall–Kier alpha value is -2.82. The number of morpholine rings is 1. The second-order valence-corrected chi connectivity index (χ2v) is 7.10. The van der Waals surface area contributed by atoms with E-state index in [2.05, 4.69) is 15.5 Å². The molecule has 0 saturated carbocycles. The Labute approximate surface area is 156 Å². The van der Waals surface area contributed by atoms with Crippen LogP contribution in [0.4, 0.5) is 0 Å². The van der Waals surface area contributed by atoms with E-state index in [1.165, 1.54) is 35.0 Å². The lowest BCUT2D eigenvalue weighted by atomic mass is 10.2. The number of ether oxygens (including phenoxy) is 1. The molecule has 3 rings (SSSR count). The molecule has 0 radical (unpaired) electrons. The van der Waals surface area contributed by atoms with Crippen molar-refractivity contribution in [2.75, 3.05) is 26.3 Å². The third-order valence-corrected chi connectivity index (χ3v) is 5.09. The summed E-state index contributed by atoms with van der Waals surface area (Å²) >= 11 is 0. The van der Waals surface area contributed by atoms with Gasteiger partial charge in [0.1, 0.15) is 5.75 Å². The van der Waals surface area contributed by atoms with Crippen molar-refractivity contribution in [2.45, 2.75) is 0 Å². The van der Waals surface area contributed by atoms with Gasteiger partial charge in [-0.15, -0.1) is 0 Å². The molecule has 1 fully saturated rings. The average Bonchev–Trinajstić information content (AvgIpc) is 2.70. The van der Waals surface area contributed by atoms with Crippen molar-refractivity contribution in [1.82, 2.24) is 14.7 Å². The maximum absolute atomic E-state index is 12.2. The first-order chi connectivity index (χ1) is 13.0. The Balaban J connectivity index is 1.56. The van der Waals surface area contributed by atoms with Crippen LogP contribution in [0.3, 0.4) is 0 Å². The fourth-order valence-corrected chi connectivity index (χ4v) is 3.34. The van der Waals surface area contributed by atoms with Crippen LogP contribution in [0, 0.1) is 0 Å². The van der Waals surface area contributed by atoms with Gasteiger partial charge in [0.2, 0.25) is 0 Å².